The summed E-state index contributed by atoms with van der Waals surface area (Å²) in [4.78, 5) is 20.5. The van der Waals surface area contributed by atoms with Crippen molar-refractivity contribution in [2.24, 2.45) is 0 Å². The summed E-state index contributed by atoms with van der Waals surface area (Å²) in [6, 6.07) is 4.92. The Morgan fingerprint density at radius 1 is 1.40 bits per heavy atom. The highest BCUT2D eigenvalue weighted by atomic mass is 28.3. The summed E-state index contributed by atoms with van der Waals surface area (Å²) in [5, 5.41) is 0. The Balaban J connectivity index is 1.98. The van der Waals surface area contributed by atoms with Crippen LogP contribution in [0.2, 0.25) is 25.7 Å². The van der Waals surface area contributed by atoms with Crippen molar-refractivity contribution in [3.8, 4) is 0 Å². The first kappa shape index (κ1) is 14.5. The Morgan fingerprint density at radius 2 is 2.15 bits per heavy atom. The van der Waals surface area contributed by atoms with Gasteiger partial charge in [0, 0.05) is 14.1 Å². The number of carbonyl (C=O) groups excluding carboxylic acids is 1. The van der Waals surface area contributed by atoms with Crippen LogP contribution in [0.25, 0.3) is 11.0 Å². The van der Waals surface area contributed by atoms with E-state index in [1.807, 2.05) is 0 Å². The van der Waals surface area contributed by atoms with Crippen LogP contribution < -0.4 is 4.84 Å². The minimum atomic E-state index is -1.26. The third-order valence-electron chi connectivity index (χ3n) is 2.72. The number of fused-ring (bicyclic) bond motifs is 1. The van der Waals surface area contributed by atoms with Crippen LogP contribution in [0.3, 0.4) is 0 Å². The molecule has 0 aliphatic heterocycles. The molecule has 1 aromatic heterocycles. The van der Waals surface area contributed by atoms with E-state index in [1.54, 1.807) is 0 Å². The van der Waals surface area contributed by atoms with Gasteiger partial charge in [-0.1, -0.05) is 19.6 Å². The molecule has 0 spiro atoms. The first-order valence-corrected chi connectivity index (χ1v) is 10.0. The zero-order valence-electron chi connectivity index (χ0n) is 11.7. The predicted octanol–water partition coefficient (Wildman–Crippen LogP) is 3.08. The average molecular weight is 296 g/mol. The minimum absolute atomic E-state index is 0.329. The number of imidazole rings is 1. The molecule has 0 saturated heterocycles. The second-order valence-electron chi connectivity index (χ2n) is 5.70. The minimum Gasteiger partial charge on any atom is -0.433 e. The lowest BCUT2D eigenvalue weighted by Gasteiger charge is -2.14. The highest BCUT2D eigenvalue weighted by molar-refractivity contribution is 6.76. The van der Waals surface area contributed by atoms with E-state index in [9.17, 15) is 9.18 Å². The van der Waals surface area contributed by atoms with Gasteiger partial charge in [-0.25, -0.2) is 14.2 Å². The summed E-state index contributed by atoms with van der Waals surface area (Å²) in [6.07, 6.45) is 0.496. The zero-order chi connectivity index (χ0) is 14.8. The number of halogens is 1. The fourth-order valence-corrected chi connectivity index (χ4v) is 2.29. The monoisotopic (exact) mass is 296 g/mol. The maximum absolute atomic E-state index is 13.2. The number of rotatable bonds is 4. The first-order valence-electron chi connectivity index (χ1n) is 6.33. The topological polar surface area (TPSA) is 53.4 Å². The molecule has 0 bridgehead atoms. The lowest BCUT2D eigenvalue weighted by molar-refractivity contribution is 0.0544. The molecule has 7 heteroatoms. The molecule has 2 aromatic rings. The summed E-state index contributed by atoms with van der Waals surface area (Å²) < 4.78 is 19.3. The van der Waals surface area contributed by atoms with Gasteiger partial charge in [0.1, 0.15) is 17.7 Å². The lowest BCUT2D eigenvalue weighted by Crippen LogP contribution is -2.25. The van der Waals surface area contributed by atoms with Gasteiger partial charge in [0.2, 0.25) is 0 Å². The molecule has 0 aliphatic rings. The highest BCUT2D eigenvalue weighted by Crippen LogP contribution is 2.13. The van der Waals surface area contributed by atoms with Gasteiger partial charge in [-0.15, -0.1) is 0 Å². The van der Waals surface area contributed by atoms with E-state index in [0.717, 1.165) is 10.8 Å². The van der Waals surface area contributed by atoms with E-state index >= 15 is 0 Å². The molecule has 2 rings (SSSR count). The number of nitrogens with zero attached hydrogens (tertiary/aromatic N) is 2. The molecular formula is C13H17FN2O3Si. The normalized spacial score (nSPS) is 11.6. The van der Waals surface area contributed by atoms with Crippen LogP contribution in [0, 0.1) is 5.82 Å². The Bertz CT molecular complexity index is 622. The Hall–Kier alpha value is -1.89. The molecule has 0 radical (unpaired) electrons. The fourth-order valence-electron chi connectivity index (χ4n) is 1.58. The molecule has 20 heavy (non-hydrogen) atoms. The quantitative estimate of drug-likeness (QED) is 0.642. The van der Waals surface area contributed by atoms with Gasteiger partial charge in [0.15, 0.2) is 0 Å². The molecule has 1 heterocycles. The van der Waals surface area contributed by atoms with Gasteiger partial charge in [0.05, 0.1) is 12.1 Å². The lowest BCUT2D eigenvalue weighted by atomic mass is 10.3. The predicted molar refractivity (Wildman–Crippen MR) is 75.8 cm³/mol. The molecule has 0 fully saturated rings. The second kappa shape index (κ2) is 5.62. The molecule has 1 aromatic carbocycles. The number of aromatic nitrogens is 2. The number of hydrogen-bond donors (Lipinski definition) is 0. The number of ether oxygens (including phenoxy) is 1. The number of benzene rings is 1. The van der Waals surface area contributed by atoms with Crippen molar-refractivity contribution >= 4 is 25.3 Å². The zero-order valence-corrected chi connectivity index (χ0v) is 12.7. The van der Waals surface area contributed by atoms with E-state index in [1.165, 1.54) is 24.5 Å². The largest absolute Gasteiger partial charge is 0.533 e. The Morgan fingerprint density at radius 3 is 2.85 bits per heavy atom. The Kier molecular flexibility index (Phi) is 4.08. The van der Waals surface area contributed by atoms with Crippen molar-refractivity contribution in [1.82, 2.24) is 9.71 Å². The molecule has 0 amide bonds. The second-order valence-corrected chi connectivity index (χ2v) is 11.3. The SMILES string of the molecule is C[Si](C)(C)CCOC(=O)On1cnc2ccc(F)cc21. The smallest absolute Gasteiger partial charge is 0.433 e. The van der Waals surface area contributed by atoms with Gasteiger partial charge in [-0.3, -0.25) is 4.84 Å². The van der Waals surface area contributed by atoms with Crippen molar-refractivity contribution in [2.75, 3.05) is 6.61 Å². The molecule has 0 unspecified atom stereocenters. The van der Waals surface area contributed by atoms with Crippen LogP contribution in [-0.2, 0) is 4.74 Å². The molecule has 0 saturated carbocycles. The molecule has 0 aliphatic carbocycles. The van der Waals surface area contributed by atoms with Gasteiger partial charge in [-0.2, -0.15) is 4.73 Å². The summed E-state index contributed by atoms with van der Waals surface area (Å²) in [5.74, 6) is -0.421. The highest BCUT2D eigenvalue weighted by Gasteiger charge is 2.15. The summed E-state index contributed by atoms with van der Waals surface area (Å²) in [5.41, 5.74) is 0.924. The van der Waals surface area contributed by atoms with Crippen LogP contribution in [-0.4, -0.2) is 30.6 Å². The molecule has 108 valence electrons. The first-order chi connectivity index (χ1) is 9.35. The van der Waals surface area contributed by atoms with E-state index < -0.39 is 20.0 Å². The maximum Gasteiger partial charge on any atom is 0.533 e. The summed E-state index contributed by atoms with van der Waals surface area (Å²) in [6.45, 7) is 6.89. The van der Waals surface area contributed by atoms with E-state index in [4.69, 9.17) is 9.57 Å². The van der Waals surface area contributed by atoms with Crippen molar-refractivity contribution < 1.29 is 18.8 Å². The standard InChI is InChI=1S/C13H17FN2O3Si/c1-20(2,3)7-6-18-13(17)19-16-9-15-11-5-4-10(14)8-12(11)16/h4-5,8-9H,6-7H2,1-3H3. The molecule has 0 atom stereocenters. The summed E-state index contributed by atoms with van der Waals surface area (Å²) in [7, 11) is -1.26. The van der Waals surface area contributed by atoms with Crippen LogP contribution in [0.4, 0.5) is 9.18 Å². The third kappa shape index (κ3) is 3.80. The Labute approximate surface area is 117 Å². The van der Waals surface area contributed by atoms with Gasteiger partial charge in [-0.05, 0) is 18.2 Å². The van der Waals surface area contributed by atoms with Gasteiger partial charge >= 0.3 is 6.16 Å². The van der Waals surface area contributed by atoms with Crippen LogP contribution >= 0.6 is 0 Å². The average Bonchev–Trinajstić information content (AvgIpc) is 2.70. The van der Waals surface area contributed by atoms with Crippen molar-refractivity contribution in [3.05, 3.63) is 30.3 Å². The third-order valence-corrected chi connectivity index (χ3v) is 4.43. The molecular weight excluding hydrogens is 279 g/mol. The van der Waals surface area contributed by atoms with Gasteiger partial charge in [0.25, 0.3) is 0 Å². The van der Waals surface area contributed by atoms with Crippen LogP contribution in [0.1, 0.15) is 0 Å². The van der Waals surface area contributed by atoms with E-state index in [0.29, 0.717) is 17.6 Å². The van der Waals surface area contributed by atoms with Crippen molar-refractivity contribution in [2.45, 2.75) is 25.7 Å². The van der Waals surface area contributed by atoms with E-state index in [-0.39, 0.29) is 0 Å². The maximum atomic E-state index is 13.2. The summed E-state index contributed by atoms with van der Waals surface area (Å²) >= 11 is 0. The number of carbonyl (C=O) groups is 1. The van der Waals surface area contributed by atoms with Gasteiger partial charge < -0.3 is 4.74 Å². The van der Waals surface area contributed by atoms with E-state index in [2.05, 4.69) is 24.6 Å². The van der Waals surface area contributed by atoms with Crippen LogP contribution in [0.15, 0.2) is 24.5 Å². The van der Waals surface area contributed by atoms with Crippen molar-refractivity contribution in [1.29, 1.82) is 0 Å². The van der Waals surface area contributed by atoms with Crippen molar-refractivity contribution in [3.63, 3.8) is 0 Å². The molecule has 5 nitrogen and oxygen atoms in total. The van der Waals surface area contributed by atoms with Crippen LogP contribution in [0.5, 0.6) is 0 Å². The number of hydrogen-bond acceptors (Lipinski definition) is 4. The fraction of sp³-hybridized carbons (Fsp3) is 0.385. The molecule has 0 N–H and O–H groups in total.